The van der Waals surface area contributed by atoms with Gasteiger partial charge in [0, 0.05) is 13.1 Å². The van der Waals surface area contributed by atoms with Crippen molar-refractivity contribution >= 4 is 28.6 Å². The van der Waals surface area contributed by atoms with E-state index in [-0.39, 0.29) is 19.0 Å². The number of fused-ring (bicyclic) bond motifs is 2. The second-order valence-electron chi connectivity index (χ2n) is 7.18. The zero-order valence-electron chi connectivity index (χ0n) is 16.1. The highest BCUT2D eigenvalue weighted by Crippen LogP contribution is 2.35. The summed E-state index contributed by atoms with van der Waals surface area (Å²) in [5.74, 6) is 0.453. The van der Waals surface area contributed by atoms with Gasteiger partial charge in [-0.15, -0.1) is 0 Å². The molecule has 0 bridgehead atoms. The molecule has 0 saturated carbocycles. The second kappa shape index (κ2) is 7.73. The molecule has 2 aliphatic heterocycles. The van der Waals surface area contributed by atoms with Gasteiger partial charge in [0.05, 0.1) is 50.0 Å². The van der Waals surface area contributed by atoms with Crippen LogP contribution in [0.25, 0.3) is 11.0 Å². The summed E-state index contributed by atoms with van der Waals surface area (Å²) in [6.45, 7) is 2.41. The molecule has 0 aromatic carbocycles. The Morgan fingerprint density at radius 3 is 2.73 bits per heavy atom. The standard InChI is InChI=1S/C19H21F2N7O2/c20-15(21)18-23-13-3-1-2-4-14(13)28(18)17-12-11-22-27(5-8-29)16(12)24-19(25-17)26-6-9-30-10-7-26/h1-4,11,13-15,29H,5-10H2. The van der Waals surface area contributed by atoms with Gasteiger partial charge in [-0.3, -0.25) is 9.89 Å². The third kappa shape index (κ3) is 3.14. The molecule has 2 unspecified atom stereocenters. The summed E-state index contributed by atoms with van der Waals surface area (Å²) in [6, 6.07) is -0.792. The van der Waals surface area contributed by atoms with E-state index in [1.807, 2.05) is 29.2 Å². The van der Waals surface area contributed by atoms with Crippen molar-refractivity contribution in [2.75, 3.05) is 42.7 Å². The fourth-order valence-corrected chi connectivity index (χ4v) is 4.00. The van der Waals surface area contributed by atoms with Crippen molar-refractivity contribution in [1.29, 1.82) is 0 Å². The van der Waals surface area contributed by atoms with Crippen molar-refractivity contribution < 1.29 is 18.6 Å². The lowest BCUT2D eigenvalue weighted by Crippen LogP contribution is -2.42. The molecular weight excluding hydrogens is 396 g/mol. The highest BCUT2D eigenvalue weighted by molar-refractivity contribution is 6.07. The first kappa shape index (κ1) is 19.1. The molecule has 11 heteroatoms. The van der Waals surface area contributed by atoms with E-state index in [0.717, 1.165) is 0 Å². The molecule has 30 heavy (non-hydrogen) atoms. The van der Waals surface area contributed by atoms with Gasteiger partial charge in [0.25, 0.3) is 6.43 Å². The maximum Gasteiger partial charge on any atom is 0.295 e. The molecule has 1 saturated heterocycles. The molecule has 2 atom stereocenters. The second-order valence-corrected chi connectivity index (χ2v) is 7.18. The molecule has 9 nitrogen and oxygen atoms in total. The first-order valence-corrected chi connectivity index (χ1v) is 9.84. The van der Waals surface area contributed by atoms with Crippen molar-refractivity contribution in [2.45, 2.75) is 25.1 Å². The Morgan fingerprint density at radius 2 is 1.97 bits per heavy atom. The smallest absolute Gasteiger partial charge is 0.295 e. The van der Waals surface area contributed by atoms with Crippen LogP contribution in [0.4, 0.5) is 20.5 Å². The molecule has 5 rings (SSSR count). The van der Waals surface area contributed by atoms with Crippen LogP contribution in [0.5, 0.6) is 0 Å². The van der Waals surface area contributed by atoms with Crippen LogP contribution < -0.4 is 9.80 Å². The molecule has 1 N–H and O–H groups in total. The maximum atomic E-state index is 14.0. The third-order valence-electron chi connectivity index (χ3n) is 5.40. The van der Waals surface area contributed by atoms with E-state index in [1.54, 1.807) is 10.9 Å². The fourth-order valence-electron chi connectivity index (χ4n) is 4.00. The zero-order valence-corrected chi connectivity index (χ0v) is 16.1. The third-order valence-corrected chi connectivity index (χ3v) is 5.40. The largest absolute Gasteiger partial charge is 0.394 e. The number of morpholine rings is 1. The summed E-state index contributed by atoms with van der Waals surface area (Å²) in [4.78, 5) is 17.1. The van der Waals surface area contributed by atoms with Crippen LogP contribution in [-0.2, 0) is 11.3 Å². The van der Waals surface area contributed by atoms with Crippen molar-refractivity contribution in [3.8, 4) is 0 Å². The monoisotopic (exact) mass is 417 g/mol. The number of amidine groups is 1. The average molecular weight is 417 g/mol. The summed E-state index contributed by atoms with van der Waals surface area (Å²) >= 11 is 0. The molecule has 1 aliphatic carbocycles. The zero-order chi connectivity index (χ0) is 20.7. The number of hydrogen-bond acceptors (Lipinski definition) is 8. The van der Waals surface area contributed by atoms with E-state index in [9.17, 15) is 13.9 Å². The first-order chi connectivity index (χ1) is 14.7. The van der Waals surface area contributed by atoms with Crippen LogP contribution in [-0.4, -0.2) is 82.1 Å². The van der Waals surface area contributed by atoms with E-state index in [1.165, 1.54) is 4.90 Å². The summed E-state index contributed by atoms with van der Waals surface area (Å²) < 4.78 is 34.9. The Kier molecular flexibility index (Phi) is 4.91. The maximum absolute atomic E-state index is 14.0. The summed E-state index contributed by atoms with van der Waals surface area (Å²) in [5, 5.41) is 14.2. The molecule has 1 fully saturated rings. The lowest BCUT2D eigenvalue weighted by atomic mass is 10.0. The van der Waals surface area contributed by atoms with Gasteiger partial charge >= 0.3 is 0 Å². The number of rotatable bonds is 5. The van der Waals surface area contributed by atoms with Gasteiger partial charge in [0.2, 0.25) is 5.95 Å². The Labute approximate surface area is 171 Å². The van der Waals surface area contributed by atoms with Crippen molar-refractivity contribution in [3.05, 3.63) is 30.5 Å². The van der Waals surface area contributed by atoms with Crippen LogP contribution in [0.15, 0.2) is 35.5 Å². The van der Waals surface area contributed by atoms with Crippen LogP contribution in [0.2, 0.25) is 0 Å². The number of aliphatic hydroxyl groups excluding tert-OH is 1. The van der Waals surface area contributed by atoms with Crippen LogP contribution >= 0.6 is 0 Å². The molecule has 0 spiro atoms. The minimum Gasteiger partial charge on any atom is -0.394 e. The number of allylic oxidation sites excluding steroid dienone is 2. The van der Waals surface area contributed by atoms with Gasteiger partial charge in [-0.25, -0.2) is 13.5 Å². The van der Waals surface area contributed by atoms with E-state index < -0.39 is 18.5 Å². The summed E-state index contributed by atoms with van der Waals surface area (Å²) in [7, 11) is 0. The molecule has 4 heterocycles. The van der Waals surface area contributed by atoms with Crippen molar-refractivity contribution in [1.82, 2.24) is 19.7 Å². The summed E-state index contributed by atoms with van der Waals surface area (Å²) in [5.41, 5.74) is 0.489. The number of anilines is 2. The molecule has 3 aliphatic rings. The molecule has 2 aromatic heterocycles. The van der Waals surface area contributed by atoms with Crippen LogP contribution in [0.1, 0.15) is 0 Å². The first-order valence-electron chi connectivity index (χ1n) is 9.84. The number of hydrogen-bond donors (Lipinski definition) is 1. The van der Waals surface area contributed by atoms with E-state index >= 15 is 0 Å². The average Bonchev–Trinajstić information content (AvgIpc) is 3.36. The number of nitrogens with zero attached hydrogens (tertiary/aromatic N) is 7. The van der Waals surface area contributed by atoms with E-state index in [0.29, 0.717) is 49.1 Å². The Morgan fingerprint density at radius 1 is 1.17 bits per heavy atom. The predicted molar refractivity (Wildman–Crippen MR) is 107 cm³/mol. The summed E-state index contributed by atoms with van der Waals surface area (Å²) in [6.07, 6.45) is 6.11. The van der Waals surface area contributed by atoms with Gasteiger partial charge in [0.15, 0.2) is 17.3 Å². The minimum atomic E-state index is -2.75. The lowest BCUT2D eigenvalue weighted by Gasteiger charge is -2.30. The predicted octanol–water partition coefficient (Wildman–Crippen LogP) is 1.00. The van der Waals surface area contributed by atoms with Gasteiger partial charge in [-0.1, -0.05) is 24.3 Å². The topological polar surface area (TPSA) is 91.9 Å². The molecule has 158 valence electrons. The normalized spacial score (nSPS) is 23.5. The molecule has 2 aromatic rings. The highest BCUT2D eigenvalue weighted by Gasteiger charge is 2.41. The Hall–Kier alpha value is -2.92. The number of ether oxygens (including phenoxy) is 1. The Bertz CT molecular complexity index is 1030. The van der Waals surface area contributed by atoms with Crippen LogP contribution in [0.3, 0.4) is 0 Å². The lowest BCUT2D eigenvalue weighted by molar-refractivity contribution is 0.122. The van der Waals surface area contributed by atoms with Gasteiger partial charge in [-0.2, -0.15) is 15.1 Å². The molecular formula is C19H21F2N7O2. The number of alkyl halides is 2. The molecule has 0 amide bonds. The van der Waals surface area contributed by atoms with Crippen LogP contribution in [0, 0.1) is 0 Å². The SMILES string of the molecule is OCCn1ncc2c(N3C(C(F)F)=NC4C=CC=CC43)nc(N3CCOCC3)nc21. The van der Waals surface area contributed by atoms with Gasteiger partial charge < -0.3 is 14.7 Å². The highest BCUT2D eigenvalue weighted by atomic mass is 19.3. The fraction of sp³-hybridized carbons (Fsp3) is 0.474. The quantitative estimate of drug-likeness (QED) is 0.776. The van der Waals surface area contributed by atoms with E-state index in [4.69, 9.17) is 9.72 Å². The van der Waals surface area contributed by atoms with Gasteiger partial charge in [0.1, 0.15) is 0 Å². The Balaban J connectivity index is 1.67. The number of halogens is 2. The van der Waals surface area contributed by atoms with Crippen molar-refractivity contribution in [3.63, 3.8) is 0 Å². The number of aliphatic hydroxyl groups is 1. The number of aromatic nitrogens is 4. The van der Waals surface area contributed by atoms with Gasteiger partial charge in [-0.05, 0) is 0 Å². The van der Waals surface area contributed by atoms with E-state index in [2.05, 4.69) is 15.1 Å². The number of aliphatic imine (C=N–C) groups is 1. The minimum absolute atomic E-state index is 0.116. The molecule has 0 radical (unpaired) electrons. The van der Waals surface area contributed by atoms with Crippen molar-refractivity contribution in [2.24, 2.45) is 4.99 Å².